The van der Waals surface area contributed by atoms with Gasteiger partial charge < -0.3 is 5.73 Å². The van der Waals surface area contributed by atoms with Crippen LogP contribution in [-0.4, -0.2) is 21.7 Å². The molecule has 3 amide bonds. The number of unbranched alkanes of at least 4 members (excludes halogenated alkanes) is 1. The summed E-state index contributed by atoms with van der Waals surface area (Å²) < 4.78 is 41.2. The first-order valence-electron chi connectivity index (χ1n) is 9.48. The second-order valence-electron chi connectivity index (χ2n) is 7.87. The molecule has 0 aliphatic rings. The SMILES string of the molecule is CCCCn1nc(C(C)(C)C)sc1=NC(=O)c1cc(C(F)(F)F)ccc1N(N)C(N)=O. The summed E-state index contributed by atoms with van der Waals surface area (Å²) in [4.78, 5) is 28.6. The number of amides is 3. The fourth-order valence-electron chi connectivity index (χ4n) is 2.51. The zero-order valence-electron chi connectivity index (χ0n) is 17.7. The molecular weight excluding hydrogens is 433 g/mol. The predicted molar refractivity (Wildman–Crippen MR) is 111 cm³/mol. The van der Waals surface area contributed by atoms with Gasteiger partial charge in [-0.1, -0.05) is 45.5 Å². The number of aromatic nitrogens is 2. The van der Waals surface area contributed by atoms with E-state index in [-0.39, 0.29) is 15.9 Å². The van der Waals surface area contributed by atoms with E-state index in [1.165, 1.54) is 11.3 Å². The first kappa shape index (κ1) is 24.5. The molecule has 0 saturated heterocycles. The molecule has 2 rings (SSSR count). The normalized spacial score (nSPS) is 12.8. The first-order valence-corrected chi connectivity index (χ1v) is 10.3. The molecule has 0 atom stereocenters. The van der Waals surface area contributed by atoms with Crippen LogP contribution in [0.5, 0.6) is 0 Å². The van der Waals surface area contributed by atoms with E-state index in [9.17, 15) is 22.8 Å². The summed E-state index contributed by atoms with van der Waals surface area (Å²) in [5.41, 5.74) is 2.96. The first-order chi connectivity index (χ1) is 14.3. The Morgan fingerprint density at radius 3 is 2.42 bits per heavy atom. The van der Waals surface area contributed by atoms with Crippen molar-refractivity contribution in [3.63, 3.8) is 0 Å². The van der Waals surface area contributed by atoms with Gasteiger partial charge in [0.25, 0.3) is 5.91 Å². The molecule has 1 heterocycles. The van der Waals surface area contributed by atoms with Crippen molar-refractivity contribution in [1.29, 1.82) is 0 Å². The van der Waals surface area contributed by atoms with E-state index < -0.39 is 29.2 Å². The minimum absolute atomic E-state index is 0.245. The third-order valence-electron chi connectivity index (χ3n) is 4.23. The topological polar surface area (TPSA) is 120 Å². The van der Waals surface area contributed by atoms with Gasteiger partial charge in [0, 0.05) is 12.0 Å². The fraction of sp³-hybridized carbons (Fsp3) is 0.474. The van der Waals surface area contributed by atoms with Crippen LogP contribution < -0.4 is 21.4 Å². The van der Waals surface area contributed by atoms with Crippen LogP contribution in [0, 0.1) is 0 Å². The number of nitrogens with zero attached hydrogens (tertiary/aromatic N) is 4. The number of benzene rings is 1. The van der Waals surface area contributed by atoms with Gasteiger partial charge in [0.15, 0.2) is 0 Å². The summed E-state index contributed by atoms with van der Waals surface area (Å²) in [6.45, 7) is 8.34. The minimum Gasteiger partial charge on any atom is -0.350 e. The zero-order chi connectivity index (χ0) is 23.6. The number of anilines is 1. The van der Waals surface area contributed by atoms with Gasteiger partial charge in [0.2, 0.25) is 4.80 Å². The Balaban J connectivity index is 2.66. The third kappa shape index (κ3) is 5.91. The summed E-state index contributed by atoms with van der Waals surface area (Å²) in [5, 5.41) is 5.63. The van der Waals surface area contributed by atoms with E-state index in [1.54, 1.807) is 4.68 Å². The lowest BCUT2D eigenvalue weighted by atomic mass is 9.98. The lowest BCUT2D eigenvalue weighted by molar-refractivity contribution is -0.137. The van der Waals surface area contributed by atoms with Crippen LogP contribution in [0.25, 0.3) is 0 Å². The van der Waals surface area contributed by atoms with Gasteiger partial charge in [-0.05, 0) is 24.6 Å². The molecule has 4 N–H and O–H groups in total. The van der Waals surface area contributed by atoms with Gasteiger partial charge in [-0.15, -0.1) is 0 Å². The van der Waals surface area contributed by atoms with E-state index in [4.69, 9.17) is 11.6 Å². The lowest BCUT2D eigenvalue weighted by Crippen LogP contribution is -2.42. The number of carbonyl (C=O) groups excluding carboxylic acids is 2. The van der Waals surface area contributed by atoms with Crippen molar-refractivity contribution in [2.45, 2.75) is 58.7 Å². The average molecular weight is 459 g/mol. The van der Waals surface area contributed by atoms with E-state index in [2.05, 4.69) is 10.1 Å². The number of primary amides is 1. The van der Waals surface area contributed by atoms with Crippen LogP contribution >= 0.6 is 11.3 Å². The van der Waals surface area contributed by atoms with Crippen molar-refractivity contribution >= 4 is 29.0 Å². The van der Waals surface area contributed by atoms with Crippen molar-refractivity contribution in [1.82, 2.24) is 9.78 Å². The molecule has 170 valence electrons. The summed E-state index contributed by atoms with van der Waals surface area (Å²) in [7, 11) is 0. The standard InChI is InChI=1S/C19H25F3N6O2S/c1-5-6-9-27-17(31-15(26-27)18(2,3)4)25-14(29)12-10-11(19(20,21)22)7-8-13(12)28(24)16(23)30/h7-8,10H,5-6,9,24H2,1-4H3,(H2,23,30). The highest BCUT2D eigenvalue weighted by atomic mass is 32.1. The summed E-state index contributed by atoms with van der Waals surface area (Å²) >= 11 is 1.18. The molecule has 31 heavy (non-hydrogen) atoms. The average Bonchev–Trinajstić information content (AvgIpc) is 3.07. The zero-order valence-corrected chi connectivity index (χ0v) is 18.5. The van der Waals surface area contributed by atoms with E-state index in [0.29, 0.717) is 23.7 Å². The maximum atomic E-state index is 13.2. The molecule has 2 aromatic rings. The van der Waals surface area contributed by atoms with Crippen LogP contribution in [0.1, 0.15) is 61.5 Å². The molecule has 0 radical (unpaired) electrons. The molecule has 0 aliphatic carbocycles. The van der Waals surface area contributed by atoms with Crippen molar-refractivity contribution in [3.8, 4) is 0 Å². The highest BCUT2D eigenvalue weighted by Crippen LogP contribution is 2.33. The largest absolute Gasteiger partial charge is 0.416 e. The number of rotatable bonds is 5. The maximum Gasteiger partial charge on any atom is 0.416 e. The Hall–Kier alpha value is -2.73. The van der Waals surface area contributed by atoms with Crippen molar-refractivity contribution in [3.05, 3.63) is 39.1 Å². The summed E-state index contributed by atoms with van der Waals surface area (Å²) in [6, 6.07) is 1.08. The maximum absolute atomic E-state index is 13.2. The van der Waals surface area contributed by atoms with Crippen LogP contribution in [0.2, 0.25) is 0 Å². The molecule has 1 aromatic heterocycles. The number of aryl methyl sites for hydroxylation is 1. The highest BCUT2D eigenvalue weighted by molar-refractivity contribution is 7.09. The molecule has 0 unspecified atom stereocenters. The Kier molecular flexibility index (Phi) is 7.27. The van der Waals surface area contributed by atoms with Crippen LogP contribution in [0.15, 0.2) is 23.2 Å². The molecule has 0 aliphatic heterocycles. The van der Waals surface area contributed by atoms with Crippen LogP contribution in [-0.2, 0) is 18.1 Å². The van der Waals surface area contributed by atoms with Gasteiger partial charge in [-0.2, -0.15) is 23.3 Å². The van der Waals surface area contributed by atoms with E-state index in [0.717, 1.165) is 23.9 Å². The van der Waals surface area contributed by atoms with Crippen molar-refractivity contribution in [2.75, 3.05) is 5.01 Å². The molecule has 1 aromatic carbocycles. The number of nitrogens with two attached hydrogens (primary N) is 2. The summed E-state index contributed by atoms with van der Waals surface area (Å²) in [6.07, 6.45) is -3.05. The van der Waals surface area contributed by atoms with Gasteiger partial charge in [0.05, 0.1) is 16.8 Å². The Bertz CT molecular complexity index is 1040. The predicted octanol–water partition coefficient (Wildman–Crippen LogP) is 3.56. The van der Waals surface area contributed by atoms with Crippen LogP contribution in [0.3, 0.4) is 0 Å². The van der Waals surface area contributed by atoms with E-state index in [1.807, 2.05) is 27.7 Å². The monoisotopic (exact) mass is 458 g/mol. The number of carbonyl (C=O) groups is 2. The van der Waals surface area contributed by atoms with Gasteiger partial charge >= 0.3 is 12.2 Å². The molecule has 8 nitrogen and oxygen atoms in total. The van der Waals surface area contributed by atoms with Crippen LogP contribution in [0.4, 0.5) is 23.7 Å². The number of urea groups is 1. The molecule has 0 fully saturated rings. The minimum atomic E-state index is -4.70. The number of hydrogen-bond acceptors (Lipinski definition) is 5. The Labute approximate surface area is 181 Å². The fourth-order valence-corrected chi connectivity index (χ4v) is 3.49. The number of alkyl halides is 3. The second-order valence-corrected chi connectivity index (χ2v) is 8.83. The number of hydrogen-bond donors (Lipinski definition) is 2. The number of hydrazine groups is 1. The smallest absolute Gasteiger partial charge is 0.350 e. The van der Waals surface area contributed by atoms with Crippen molar-refractivity contribution < 1.29 is 22.8 Å². The molecule has 0 spiro atoms. The number of halogens is 3. The third-order valence-corrected chi connectivity index (χ3v) is 5.61. The molecule has 0 bridgehead atoms. The van der Waals surface area contributed by atoms with Crippen molar-refractivity contribution in [2.24, 2.45) is 16.6 Å². The molecular formula is C19H25F3N6O2S. The quantitative estimate of drug-likeness (QED) is 0.404. The van der Waals surface area contributed by atoms with Gasteiger partial charge in [-0.3, -0.25) is 4.79 Å². The molecule has 12 heteroatoms. The second kappa shape index (κ2) is 9.18. The van der Waals surface area contributed by atoms with E-state index >= 15 is 0 Å². The van der Waals surface area contributed by atoms with Gasteiger partial charge in [0.1, 0.15) is 5.01 Å². The Morgan fingerprint density at radius 2 is 1.90 bits per heavy atom. The highest BCUT2D eigenvalue weighted by Gasteiger charge is 2.32. The van der Waals surface area contributed by atoms with Gasteiger partial charge in [-0.25, -0.2) is 20.3 Å². The Morgan fingerprint density at radius 1 is 1.26 bits per heavy atom. The summed E-state index contributed by atoms with van der Waals surface area (Å²) in [5.74, 6) is 4.56. The lowest BCUT2D eigenvalue weighted by Gasteiger charge is -2.18. The molecule has 0 saturated carbocycles.